The molecule has 1 nitrogen and oxygen atoms in total. The smallest absolute Gasteiger partial charge is 0.211 e. The molecule has 0 atom stereocenters. The molecule has 0 N–H and O–H groups in total. The fraction of sp³-hybridized carbons (Fsp3) is 0.500. The summed E-state index contributed by atoms with van der Waals surface area (Å²) in [6.07, 6.45) is 0. The maximum atomic E-state index is 6.89. The molecule has 1 aromatic carbocycles. The highest BCUT2D eigenvalue weighted by molar-refractivity contribution is 7.05. The second-order valence-corrected chi connectivity index (χ2v) is 14.1. The van der Waals surface area contributed by atoms with Crippen LogP contribution in [0.5, 0.6) is 0 Å². The number of benzene rings is 1. The first-order chi connectivity index (χ1) is 9.15. The summed E-state index contributed by atoms with van der Waals surface area (Å²) in [4.78, 5) is 0. The Morgan fingerprint density at radius 2 is 1.42 bits per heavy atom. The van der Waals surface area contributed by atoms with Crippen LogP contribution in [0, 0.1) is 0 Å². The molecule has 0 radical (unpaired) electrons. The number of rotatable bonds is 5. The van der Waals surface area contributed by atoms with Gasteiger partial charge in [-0.3, -0.25) is 0 Å². The van der Waals surface area contributed by atoms with Gasteiger partial charge in [0.25, 0.3) is 0 Å². The van der Waals surface area contributed by atoms with Crippen molar-refractivity contribution < 1.29 is 4.12 Å². The lowest BCUT2D eigenvalue weighted by Crippen LogP contribution is -2.44. The highest BCUT2D eigenvalue weighted by Crippen LogP contribution is 2.44. The van der Waals surface area contributed by atoms with Gasteiger partial charge >= 0.3 is 0 Å². The molecule has 1 aliphatic rings. The quantitative estimate of drug-likeness (QED) is 0.681. The molecular weight excluding hydrogens is 264 g/mol. The van der Waals surface area contributed by atoms with E-state index >= 15 is 0 Å². The summed E-state index contributed by atoms with van der Waals surface area (Å²) < 4.78 is 6.89. The molecular formula is C16H26OSi2. The Kier molecular flexibility index (Phi) is 4.48. The van der Waals surface area contributed by atoms with Gasteiger partial charge in [0.2, 0.25) is 16.6 Å². The van der Waals surface area contributed by atoms with Crippen LogP contribution in [-0.2, 0) is 4.12 Å². The van der Waals surface area contributed by atoms with Gasteiger partial charge in [0.1, 0.15) is 0 Å². The van der Waals surface area contributed by atoms with Crippen LogP contribution in [0.15, 0.2) is 36.0 Å². The molecule has 3 heteroatoms. The third kappa shape index (κ3) is 2.51. The van der Waals surface area contributed by atoms with Crippen LogP contribution in [-0.4, -0.2) is 16.6 Å². The molecule has 2 rings (SSSR count). The Labute approximate surface area is 120 Å². The standard InChI is InChI=1S/C16H26OSi2/c1-5-18(6-2)14-16(15-12-10-9-11-13-15)19(7-3,8-4)17-18/h9-14H,5-8H2,1-4H3. The first-order valence-electron chi connectivity index (χ1n) is 7.64. The van der Waals surface area contributed by atoms with Crippen molar-refractivity contribution in [2.75, 3.05) is 0 Å². The Balaban J connectivity index is 2.51. The van der Waals surface area contributed by atoms with E-state index < -0.39 is 16.6 Å². The highest BCUT2D eigenvalue weighted by atomic mass is 28.4. The van der Waals surface area contributed by atoms with E-state index in [1.807, 2.05) is 0 Å². The maximum Gasteiger partial charge on any atom is 0.211 e. The second-order valence-electron chi connectivity index (χ2n) is 5.50. The van der Waals surface area contributed by atoms with Crippen molar-refractivity contribution in [1.29, 1.82) is 0 Å². The summed E-state index contributed by atoms with van der Waals surface area (Å²) in [6, 6.07) is 15.8. The van der Waals surface area contributed by atoms with Gasteiger partial charge in [0, 0.05) is 0 Å². The number of hydrogen-bond donors (Lipinski definition) is 0. The van der Waals surface area contributed by atoms with Crippen LogP contribution < -0.4 is 0 Å². The van der Waals surface area contributed by atoms with Crippen molar-refractivity contribution in [3.63, 3.8) is 0 Å². The fourth-order valence-electron chi connectivity index (χ4n) is 3.21. The topological polar surface area (TPSA) is 9.23 Å². The largest absolute Gasteiger partial charge is 0.448 e. The van der Waals surface area contributed by atoms with Crippen molar-refractivity contribution in [1.82, 2.24) is 0 Å². The molecule has 1 heterocycles. The van der Waals surface area contributed by atoms with E-state index in [4.69, 9.17) is 4.12 Å². The monoisotopic (exact) mass is 290 g/mol. The number of hydrogen-bond acceptors (Lipinski definition) is 1. The molecule has 0 fully saturated rings. The first-order valence-corrected chi connectivity index (χ1v) is 12.4. The molecule has 0 spiro atoms. The zero-order valence-corrected chi connectivity index (χ0v) is 14.7. The average Bonchev–Trinajstić information content (AvgIpc) is 2.84. The van der Waals surface area contributed by atoms with Crippen molar-refractivity contribution >= 4 is 21.8 Å². The van der Waals surface area contributed by atoms with Gasteiger partial charge in [-0.15, -0.1) is 0 Å². The van der Waals surface area contributed by atoms with Gasteiger partial charge in [0.05, 0.1) is 0 Å². The predicted octanol–water partition coefficient (Wildman–Crippen LogP) is 5.15. The molecule has 0 unspecified atom stereocenters. The third-order valence-electron chi connectivity index (χ3n) is 4.72. The summed E-state index contributed by atoms with van der Waals surface area (Å²) in [6.45, 7) is 9.26. The van der Waals surface area contributed by atoms with Gasteiger partial charge in [-0.05, 0) is 34.9 Å². The van der Waals surface area contributed by atoms with Crippen LogP contribution in [0.2, 0.25) is 24.2 Å². The Morgan fingerprint density at radius 3 is 1.89 bits per heavy atom. The van der Waals surface area contributed by atoms with E-state index in [2.05, 4.69) is 63.7 Å². The summed E-state index contributed by atoms with van der Waals surface area (Å²) in [5.41, 5.74) is 4.01. The minimum atomic E-state index is -1.71. The fourth-order valence-corrected chi connectivity index (χ4v) is 14.7. The predicted molar refractivity (Wildman–Crippen MR) is 88.9 cm³/mol. The molecule has 19 heavy (non-hydrogen) atoms. The zero-order valence-electron chi connectivity index (χ0n) is 12.7. The second kappa shape index (κ2) is 5.77. The van der Waals surface area contributed by atoms with Gasteiger partial charge in [-0.2, -0.15) is 0 Å². The van der Waals surface area contributed by atoms with E-state index in [1.54, 1.807) is 5.20 Å². The summed E-state index contributed by atoms with van der Waals surface area (Å²) >= 11 is 0. The molecule has 0 aliphatic carbocycles. The van der Waals surface area contributed by atoms with E-state index in [0.29, 0.717) is 0 Å². The minimum absolute atomic E-state index is 1.21. The van der Waals surface area contributed by atoms with Crippen molar-refractivity contribution in [3.05, 3.63) is 41.6 Å². The summed E-state index contributed by atoms with van der Waals surface area (Å²) in [5, 5.41) is 1.59. The third-order valence-corrected chi connectivity index (χ3v) is 15.1. The summed E-state index contributed by atoms with van der Waals surface area (Å²) in [5.74, 6) is 0. The summed E-state index contributed by atoms with van der Waals surface area (Å²) in [7, 11) is -3.31. The van der Waals surface area contributed by atoms with E-state index in [-0.39, 0.29) is 0 Å². The first kappa shape index (κ1) is 14.8. The van der Waals surface area contributed by atoms with Crippen LogP contribution >= 0.6 is 0 Å². The lowest BCUT2D eigenvalue weighted by atomic mass is 10.2. The lowest BCUT2D eigenvalue weighted by Gasteiger charge is -2.33. The molecule has 0 bridgehead atoms. The zero-order chi connectivity index (χ0) is 13.9. The van der Waals surface area contributed by atoms with Crippen LogP contribution in [0.3, 0.4) is 0 Å². The molecule has 1 aromatic rings. The molecule has 0 amide bonds. The normalized spacial score (nSPS) is 20.3. The lowest BCUT2D eigenvalue weighted by molar-refractivity contribution is 0.549. The van der Waals surface area contributed by atoms with Gasteiger partial charge in [-0.25, -0.2) is 0 Å². The van der Waals surface area contributed by atoms with Crippen molar-refractivity contribution in [2.24, 2.45) is 0 Å². The molecule has 0 saturated heterocycles. The molecule has 0 saturated carbocycles. The van der Waals surface area contributed by atoms with E-state index in [1.165, 1.54) is 29.7 Å². The molecule has 104 valence electrons. The highest BCUT2D eigenvalue weighted by Gasteiger charge is 2.49. The molecule has 0 aromatic heterocycles. The van der Waals surface area contributed by atoms with Gasteiger partial charge < -0.3 is 4.12 Å². The Hall–Kier alpha value is -0.646. The Bertz CT molecular complexity index is 445. The van der Waals surface area contributed by atoms with Crippen LogP contribution in [0.25, 0.3) is 5.20 Å². The van der Waals surface area contributed by atoms with Crippen LogP contribution in [0.4, 0.5) is 0 Å². The van der Waals surface area contributed by atoms with Crippen LogP contribution in [0.1, 0.15) is 33.3 Å². The minimum Gasteiger partial charge on any atom is -0.448 e. The molecule has 1 aliphatic heterocycles. The van der Waals surface area contributed by atoms with Crippen molar-refractivity contribution in [2.45, 2.75) is 51.9 Å². The van der Waals surface area contributed by atoms with Gasteiger partial charge in [0.15, 0.2) is 0 Å². The average molecular weight is 291 g/mol. The van der Waals surface area contributed by atoms with E-state index in [9.17, 15) is 0 Å². The maximum absolute atomic E-state index is 6.89. The van der Waals surface area contributed by atoms with Crippen molar-refractivity contribution in [3.8, 4) is 0 Å². The Morgan fingerprint density at radius 1 is 0.842 bits per heavy atom. The SMILES string of the molecule is CC[Si]1(CC)C=C(c2ccccc2)[Si](CC)(CC)O1. The van der Waals surface area contributed by atoms with E-state index in [0.717, 1.165) is 0 Å². The van der Waals surface area contributed by atoms with Gasteiger partial charge in [-0.1, -0.05) is 63.7 Å².